The van der Waals surface area contributed by atoms with Crippen LogP contribution in [0.15, 0.2) is 60.7 Å². The number of benzene rings is 2. The van der Waals surface area contributed by atoms with Crippen LogP contribution in [0.2, 0.25) is 5.02 Å². The minimum absolute atomic E-state index is 0.175. The Morgan fingerprint density at radius 1 is 1.00 bits per heavy atom. The van der Waals surface area contributed by atoms with Crippen molar-refractivity contribution in [1.29, 1.82) is 0 Å². The van der Waals surface area contributed by atoms with Gasteiger partial charge in [0.05, 0.1) is 0 Å². The maximum Gasteiger partial charge on any atom is 0.270 e. The predicted molar refractivity (Wildman–Crippen MR) is 103 cm³/mol. The molecule has 0 aliphatic heterocycles. The van der Waals surface area contributed by atoms with Crippen LogP contribution in [0.5, 0.6) is 0 Å². The second kappa shape index (κ2) is 7.14. The molecule has 1 heterocycles. The number of carbonyl (C=O) groups is 1. The van der Waals surface area contributed by atoms with E-state index in [0.717, 1.165) is 24.1 Å². The Morgan fingerprint density at radius 2 is 1.73 bits per heavy atom. The van der Waals surface area contributed by atoms with Crippen molar-refractivity contribution in [1.82, 2.24) is 15.3 Å². The van der Waals surface area contributed by atoms with Gasteiger partial charge in [-0.2, -0.15) is 0 Å². The number of anilines is 2. The summed E-state index contributed by atoms with van der Waals surface area (Å²) in [7, 11) is 0. The zero-order valence-electron chi connectivity index (χ0n) is 13.9. The topological polar surface area (TPSA) is 66.9 Å². The molecule has 5 nitrogen and oxygen atoms in total. The lowest BCUT2D eigenvalue weighted by Gasteiger charge is -2.10. The Labute approximate surface area is 156 Å². The first-order valence-corrected chi connectivity index (χ1v) is 8.83. The molecule has 2 aromatic carbocycles. The Kier molecular flexibility index (Phi) is 4.54. The fraction of sp³-hybridized carbons (Fsp3) is 0.150. The summed E-state index contributed by atoms with van der Waals surface area (Å²) in [5.74, 6) is 0.888. The first-order valence-electron chi connectivity index (χ1n) is 8.45. The van der Waals surface area contributed by atoms with Crippen molar-refractivity contribution in [2.75, 3.05) is 5.32 Å². The molecule has 0 bridgehead atoms. The van der Waals surface area contributed by atoms with Crippen molar-refractivity contribution in [2.24, 2.45) is 0 Å². The van der Waals surface area contributed by atoms with E-state index in [2.05, 4.69) is 20.6 Å². The molecule has 0 radical (unpaired) electrons. The number of nitrogens with one attached hydrogen (secondary N) is 2. The molecule has 0 saturated heterocycles. The summed E-state index contributed by atoms with van der Waals surface area (Å²) in [5, 5.41) is 6.85. The monoisotopic (exact) mass is 364 g/mol. The summed E-state index contributed by atoms with van der Waals surface area (Å²) < 4.78 is 0. The van der Waals surface area contributed by atoms with Gasteiger partial charge < -0.3 is 10.6 Å². The van der Waals surface area contributed by atoms with Gasteiger partial charge >= 0.3 is 0 Å². The van der Waals surface area contributed by atoms with Gasteiger partial charge in [0.2, 0.25) is 0 Å². The Balaban J connectivity index is 1.69. The van der Waals surface area contributed by atoms with Crippen molar-refractivity contribution in [3.8, 4) is 11.4 Å². The lowest BCUT2D eigenvalue weighted by atomic mass is 10.2. The Morgan fingerprint density at radius 3 is 2.42 bits per heavy atom. The molecule has 1 amide bonds. The summed E-state index contributed by atoms with van der Waals surface area (Å²) in [6.45, 7) is 0. The second-order valence-electron chi connectivity index (χ2n) is 6.21. The van der Waals surface area contributed by atoms with E-state index in [1.807, 2.05) is 42.5 Å². The lowest BCUT2D eigenvalue weighted by Crippen LogP contribution is -2.26. The van der Waals surface area contributed by atoms with Crippen molar-refractivity contribution in [3.63, 3.8) is 0 Å². The summed E-state index contributed by atoms with van der Waals surface area (Å²) in [5.41, 5.74) is 2.04. The summed E-state index contributed by atoms with van der Waals surface area (Å²) in [6.07, 6.45) is 2.05. The highest BCUT2D eigenvalue weighted by atomic mass is 35.5. The number of amides is 1. The number of aromatic nitrogens is 2. The third-order valence-corrected chi connectivity index (χ3v) is 4.27. The maximum atomic E-state index is 12.5. The highest BCUT2D eigenvalue weighted by Gasteiger charge is 2.25. The Hall–Kier alpha value is -2.92. The standard InChI is InChI=1S/C20H17ClN4O/c21-14-6-8-15(9-7-14)22-18-12-17(20(26)23-16-10-11-16)24-19(25-18)13-4-2-1-3-5-13/h1-9,12,16H,10-11H2,(H,23,26)(H,22,24,25). The first kappa shape index (κ1) is 16.5. The van der Waals surface area contributed by atoms with Gasteiger partial charge in [-0.25, -0.2) is 9.97 Å². The highest BCUT2D eigenvalue weighted by molar-refractivity contribution is 6.30. The van der Waals surface area contributed by atoms with Crippen LogP contribution in [0.1, 0.15) is 23.3 Å². The van der Waals surface area contributed by atoms with Gasteiger partial charge in [0.15, 0.2) is 5.82 Å². The first-order chi connectivity index (χ1) is 12.7. The van der Waals surface area contributed by atoms with Crippen molar-refractivity contribution < 1.29 is 4.79 Å². The van der Waals surface area contributed by atoms with Crippen molar-refractivity contribution >= 4 is 29.0 Å². The average molecular weight is 365 g/mol. The number of nitrogens with zero attached hydrogens (tertiary/aromatic N) is 2. The normalized spacial score (nSPS) is 13.3. The van der Waals surface area contributed by atoms with Crippen LogP contribution in [0.4, 0.5) is 11.5 Å². The van der Waals surface area contributed by atoms with E-state index in [9.17, 15) is 4.79 Å². The van der Waals surface area contributed by atoms with Crippen LogP contribution < -0.4 is 10.6 Å². The van der Waals surface area contributed by atoms with Crippen molar-refractivity contribution in [2.45, 2.75) is 18.9 Å². The van der Waals surface area contributed by atoms with E-state index in [4.69, 9.17) is 11.6 Å². The molecule has 4 rings (SSSR count). The lowest BCUT2D eigenvalue weighted by molar-refractivity contribution is 0.0946. The molecule has 0 spiro atoms. The minimum atomic E-state index is -0.175. The quantitative estimate of drug-likeness (QED) is 0.702. The van der Waals surface area contributed by atoms with Gasteiger partial charge in [-0.05, 0) is 37.1 Å². The van der Waals surface area contributed by atoms with Gasteiger partial charge in [-0.1, -0.05) is 41.9 Å². The number of hydrogen-bond acceptors (Lipinski definition) is 4. The predicted octanol–water partition coefficient (Wildman–Crippen LogP) is 4.43. The van der Waals surface area contributed by atoms with Crippen LogP contribution >= 0.6 is 11.6 Å². The van der Waals surface area contributed by atoms with E-state index in [-0.39, 0.29) is 11.9 Å². The van der Waals surface area contributed by atoms with Crippen LogP contribution in [0.3, 0.4) is 0 Å². The molecule has 0 atom stereocenters. The van der Waals surface area contributed by atoms with Gasteiger partial charge in [0, 0.05) is 28.4 Å². The van der Waals surface area contributed by atoms with E-state index in [1.165, 1.54) is 0 Å². The molecule has 1 fully saturated rings. The number of carbonyl (C=O) groups excluding carboxylic acids is 1. The molecule has 1 aromatic heterocycles. The van der Waals surface area contributed by atoms with Crippen LogP contribution in [-0.2, 0) is 0 Å². The highest BCUT2D eigenvalue weighted by Crippen LogP contribution is 2.23. The molecule has 0 unspecified atom stereocenters. The van der Waals surface area contributed by atoms with Gasteiger partial charge in [0.25, 0.3) is 5.91 Å². The van der Waals surface area contributed by atoms with Crippen LogP contribution in [0.25, 0.3) is 11.4 Å². The van der Waals surface area contributed by atoms with Gasteiger partial charge in [-0.15, -0.1) is 0 Å². The van der Waals surface area contributed by atoms with Crippen LogP contribution in [0, 0.1) is 0 Å². The van der Waals surface area contributed by atoms with Crippen molar-refractivity contribution in [3.05, 3.63) is 71.4 Å². The molecular weight excluding hydrogens is 348 g/mol. The molecule has 6 heteroatoms. The smallest absolute Gasteiger partial charge is 0.270 e. The number of halogens is 1. The molecule has 26 heavy (non-hydrogen) atoms. The minimum Gasteiger partial charge on any atom is -0.348 e. The third-order valence-electron chi connectivity index (χ3n) is 4.02. The zero-order valence-corrected chi connectivity index (χ0v) is 14.7. The largest absolute Gasteiger partial charge is 0.348 e. The summed E-state index contributed by atoms with van der Waals surface area (Å²) in [6, 6.07) is 18.8. The number of hydrogen-bond donors (Lipinski definition) is 2. The zero-order chi connectivity index (χ0) is 17.9. The molecule has 1 aliphatic carbocycles. The average Bonchev–Trinajstić information content (AvgIpc) is 3.48. The second-order valence-corrected chi connectivity index (χ2v) is 6.64. The molecule has 1 aliphatic rings. The molecule has 130 valence electrons. The Bertz CT molecular complexity index is 924. The summed E-state index contributed by atoms with van der Waals surface area (Å²) >= 11 is 5.93. The molecular formula is C20H17ClN4O. The SMILES string of the molecule is O=C(NC1CC1)c1cc(Nc2ccc(Cl)cc2)nc(-c2ccccc2)n1. The molecule has 2 N–H and O–H groups in total. The molecule has 1 saturated carbocycles. The van der Waals surface area contributed by atoms with E-state index >= 15 is 0 Å². The number of rotatable bonds is 5. The van der Waals surface area contributed by atoms with E-state index in [1.54, 1.807) is 18.2 Å². The fourth-order valence-corrected chi connectivity index (χ4v) is 2.64. The van der Waals surface area contributed by atoms with E-state index < -0.39 is 0 Å². The van der Waals surface area contributed by atoms with Gasteiger partial charge in [0.1, 0.15) is 11.5 Å². The van der Waals surface area contributed by atoms with Gasteiger partial charge in [-0.3, -0.25) is 4.79 Å². The third kappa shape index (κ3) is 4.00. The summed E-state index contributed by atoms with van der Waals surface area (Å²) in [4.78, 5) is 21.5. The van der Waals surface area contributed by atoms with E-state index in [0.29, 0.717) is 22.4 Å². The van der Waals surface area contributed by atoms with Crippen LogP contribution in [-0.4, -0.2) is 21.9 Å². The maximum absolute atomic E-state index is 12.5. The molecule has 3 aromatic rings. The fourth-order valence-electron chi connectivity index (χ4n) is 2.51.